The minimum atomic E-state index is -0.206. The van der Waals surface area contributed by atoms with Crippen LogP contribution in [-0.2, 0) is 29.7 Å². The zero-order valence-electron chi connectivity index (χ0n) is 15.4. The third-order valence-electron chi connectivity index (χ3n) is 5.57. The van der Waals surface area contributed by atoms with Crippen LogP contribution >= 0.6 is 0 Å². The molecule has 4 rings (SSSR count). The Balaban J connectivity index is 1.15. The predicted molar refractivity (Wildman–Crippen MR) is 98.2 cm³/mol. The molecule has 2 aliphatic rings. The zero-order chi connectivity index (χ0) is 18.0. The van der Waals surface area contributed by atoms with Crippen LogP contribution in [0.2, 0.25) is 0 Å². The van der Waals surface area contributed by atoms with Gasteiger partial charge in [-0.3, -0.25) is 4.90 Å². The number of ether oxygens (including phenoxy) is 2. The number of rotatable bonds is 7. The SMILES string of the molecule is Cn1cccc1CN1CC2(CC(CCOCc3cccc(F)c3)CO2)C1. The van der Waals surface area contributed by atoms with E-state index in [1.165, 1.54) is 17.8 Å². The molecule has 1 aromatic carbocycles. The second kappa shape index (κ2) is 7.51. The first kappa shape index (κ1) is 17.7. The molecule has 1 unspecified atom stereocenters. The van der Waals surface area contributed by atoms with Crippen molar-refractivity contribution in [3.8, 4) is 0 Å². The van der Waals surface area contributed by atoms with Gasteiger partial charge in [-0.05, 0) is 48.6 Å². The van der Waals surface area contributed by atoms with Crippen LogP contribution in [0.4, 0.5) is 4.39 Å². The number of likely N-dealkylation sites (tertiary alicyclic amines) is 1. The summed E-state index contributed by atoms with van der Waals surface area (Å²) in [6.07, 6.45) is 4.23. The van der Waals surface area contributed by atoms with Crippen molar-refractivity contribution in [3.63, 3.8) is 0 Å². The van der Waals surface area contributed by atoms with E-state index in [1.807, 2.05) is 6.07 Å². The standard InChI is InChI=1S/C21H27FN2O2/c1-23-8-3-6-20(23)12-24-15-21(16-24)11-18(14-26-21)7-9-25-13-17-4-2-5-19(22)10-17/h2-6,8,10,18H,7,9,11-16H2,1H3. The number of hydrogen-bond donors (Lipinski definition) is 0. The molecule has 4 nitrogen and oxygen atoms in total. The summed E-state index contributed by atoms with van der Waals surface area (Å²) in [4.78, 5) is 2.46. The van der Waals surface area contributed by atoms with Gasteiger partial charge in [0.15, 0.2) is 0 Å². The highest BCUT2D eigenvalue weighted by molar-refractivity contribution is 5.15. The first-order valence-corrected chi connectivity index (χ1v) is 9.41. The van der Waals surface area contributed by atoms with Crippen LogP contribution in [0.3, 0.4) is 0 Å². The molecule has 1 atom stereocenters. The van der Waals surface area contributed by atoms with E-state index in [0.29, 0.717) is 19.1 Å². The van der Waals surface area contributed by atoms with E-state index in [9.17, 15) is 4.39 Å². The van der Waals surface area contributed by atoms with Crippen molar-refractivity contribution in [3.05, 3.63) is 59.7 Å². The molecule has 0 radical (unpaired) electrons. The van der Waals surface area contributed by atoms with Crippen molar-refractivity contribution >= 4 is 0 Å². The fourth-order valence-electron chi connectivity index (χ4n) is 4.18. The average Bonchev–Trinajstić information content (AvgIpc) is 3.19. The van der Waals surface area contributed by atoms with Crippen LogP contribution < -0.4 is 0 Å². The Morgan fingerprint density at radius 2 is 2.15 bits per heavy atom. The molecule has 2 aromatic rings. The van der Waals surface area contributed by atoms with Gasteiger partial charge in [0.1, 0.15) is 5.82 Å². The summed E-state index contributed by atoms with van der Waals surface area (Å²) in [6, 6.07) is 10.9. The number of benzene rings is 1. The van der Waals surface area contributed by atoms with E-state index in [1.54, 1.807) is 6.07 Å². The lowest BCUT2D eigenvalue weighted by Gasteiger charge is -2.47. The largest absolute Gasteiger partial charge is 0.377 e. The third kappa shape index (κ3) is 4.00. The Morgan fingerprint density at radius 1 is 1.27 bits per heavy atom. The number of aryl methyl sites for hydroxylation is 1. The Kier molecular flexibility index (Phi) is 5.11. The second-order valence-electron chi connectivity index (χ2n) is 7.79. The molecule has 2 aliphatic heterocycles. The zero-order valence-corrected chi connectivity index (χ0v) is 15.4. The van der Waals surface area contributed by atoms with Gasteiger partial charge in [0.05, 0.1) is 18.8 Å². The number of halogens is 1. The third-order valence-corrected chi connectivity index (χ3v) is 5.57. The Morgan fingerprint density at radius 3 is 2.92 bits per heavy atom. The number of nitrogens with zero attached hydrogens (tertiary/aromatic N) is 2. The van der Waals surface area contributed by atoms with Crippen molar-refractivity contribution in [2.75, 3.05) is 26.3 Å². The van der Waals surface area contributed by atoms with Gasteiger partial charge in [-0.1, -0.05) is 12.1 Å². The Bertz CT molecular complexity index is 739. The lowest BCUT2D eigenvalue weighted by atomic mass is 9.86. The van der Waals surface area contributed by atoms with Gasteiger partial charge in [0, 0.05) is 45.2 Å². The molecule has 0 saturated carbocycles. The van der Waals surface area contributed by atoms with Gasteiger partial charge in [-0.25, -0.2) is 4.39 Å². The second-order valence-corrected chi connectivity index (χ2v) is 7.79. The smallest absolute Gasteiger partial charge is 0.123 e. The lowest BCUT2D eigenvalue weighted by Crippen LogP contribution is -2.60. The van der Waals surface area contributed by atoms with Gasteiger partial charge < -0.3 is 14.0 Å². The first-order valence-electron chi connectivity index (χ1n) is 9.41. The fraction of sp³-hybridized carbons (Fsp3) is 0.524. The summed E-state index contributed by atoms with van der Waals surface area (Å²) in [5.41, 5.74) is 2.30. The van der Waals surface area contributed by atoms with E-state index >= 15 is 0 Å². The molecule has 5 heteroatoms. The maximum absolute atomic E-state index is 13.1. The molecule has 0 N–H and O–H groups in total. The summed E-state index contributed by atoms with van der Waals surface area (Å²) in [5, 5.41) is 0. The minimum Gasteiger partial charge on any atom is -0.377 e. The molecule has 3 heterocycles. The van der Waals surface area contributed by atoms with Crippen LogP contribution in [-0.4, -0.2) is 41.4 Å². The fourth-order valence-corrected chi connectivity index (χ4v) is 4.18. The topological polar surface area (TPSA) is 26.6 Å². The normalized spacial score (nSPS) is 22.0. The predicted octanol–water partition coefficient (Wildman–Crippen LogP) is 3.36. The monoisotopic (exact) mass is 358 g/mol. The Hall–Kier alpha value is -1.69. The average molecular weight is 358 g/mol. The van der Waals surface area contributed by atoms with Gasteiger partial charge in [-0.15, -0.1) is 0 Å². The highest BCUT2D eigenvalue weighted by Crippen LogP contribution is 2.39. The summed E-state index contributed by atoms with van der Waals surface area (Å²) in [6.45, 7) is 5.06. The van der Waals surface area contributed by atoms with Crippen LogP contribution in [0.15, 0.2) is 42.6 Å². The molecule has 1 aromatic heterocycles. The molecule has 1 spiro atoms. The van der Waals surface area contributed by atoms with Crippen LogP contribution in [0, 0.1) is 11.7 Å². The molecule has 2 fully saturated rings. The van der Waals surface area contributed by atoms with E-state index in [4.69, 9.17) is 9.47 Å². The molecule has 26 heavy (non-hydrogen) atoms. The molecular formula is C21H27FN2O2. The van der Waals surface area contributed by atoms with Gasteiger partial charge in [0.25, 0.3) is 0 Å². The molecule has 0 bridgehead atoms. The minimum absolute atomic E-state index is 0.0678. The maximum Gasteiger partial charge on any atom is 0.123 e. The molecule has 0 aliphatic carbocycles. The van der Waals surface area contributed by atoms with Gasteiger partial charge in [0.2, 0.25) is 0 Å². The lowest BCUT2D eigenvalue weighted by molar-refractivity contribution is -0.115. The highest BCUT2D eigenvalue weighted by atomic mass is 19.1. The maximum atomic E-state index is 13.1. The van der Waals surface area contributed by atoms with Crippen LogP contribution in [0.1, 0.15) is 24.1 Å². The van der Waals surface area contributed by atoms with Crippen LogP contribution in [0.25, 0.3) is 0 Å². The first-order chi connectivity index (χ1) is 12.6. The van der Waals surface area contributed by atoms with Crippen molar-refractivity contribution in [2.24, 2.45) is 13.0 Å². The van der Waals surface area contributed by atoms with Crippen molar-refractivity contribution < 1.29 is 13.9 Å². The summed E-state index contributed by atoms with van der Waals surface area (Å²) in [5.74, 6) is 0.363. The Labute approximate surface area is 154 Å². The van der Waals surface area contributed by atoms with Gasteiger partial charge >= 0.3 is 0 Å². The van der Waals surface area contributed by atoms with E-state index in [0.717, 1.165) is 44.6 Å². The number of hydrogen-bond acceptors (Lipinski definition) is 3. The molecular weight excluding hydrogens is 331 g/mol. The van der Waals surface area contributed by atoms with E-state index in [2.05, 4.69) is 34.8 Å². The van der Waals surface area contributed by atoms with Gasteiger partial charge in [-0.2, -0.15) is 0 Å². The van der Waals surface area contributed by atoms with Crippen molar-refractivity contribution in [1.82, 2.24) is 9.47 Å². The summed E-state index contributed by atoms with van der Waals surface area (Å²) >= 11 is 0. The van der Waals surface area contributed by atoms with E-state index in [-0.39, 0.29) is 11.4 Å². The van der Waals surface area contributed by atoms with Crippen LogP contribution in [0.5, 0.6) is 0 Å². The highest BCUT2D eigenvalue weighted by Gasteiger charge is 2.49. The summed E-state index contributed by atoms with van der Waals surface area (Å²) in [7, 11) is 2.09. The summed E-state index contributed by atoms with van der Waals surface area (Å²) < 4.78 is 27.2. The van der Waals surface area contributed by atoms with Crippen molar-refractivity contribution in [1.29, 1.82) is 0 Å². The number of aromatic nitrogens is 1. The molecule has 2 saturated heterocycles. The quantitative estimate of drug-likeness (QED) is 0.710. The van der Waals surface area contributed by atoms with E-state index < -0.39 is 0 Å². The van der Waals surface area contributed by atoms with Crippen molar-refractivity contribution in [2.45, 2.75) is 31.6 Å². The molecule has 0 amide bonds. The molecule has 140 valence electrons.